The molecule has 0 aliphatic heterocycles. The van der Waals surface area contributed by atoms with Gasteiger partial charge in [0.2, 0.25) is 0 Å². The van der Waals surface area contributed by atoms with Crippen molar-refractivity contribution < 1.29 is 33.2 Å². The predicted octanol–water partition coefficient (Wildman–Crippen LogP) is 22.3. The fourth-order valence-corrected chi connectivity index (χ4v) is 9.78. The van der Waals surface area contributed by atoms with E-state index in [1.165, 1.54) is 218 Å². The van der Waals surface area contributed by atoms with Gasteiger partial charge in [0, 0.05) is 12.8 Å². The summed E-state index contributed by atoms with van der Waals surface area (Å²) in [5.41, 5.74) is 0. The normalized spacial score (nSPS) is 13.3. The molecule has 0 rings (SSSR count). The molecule has 0 aromatic rings. The third-order valence-corrected chi connectivity index (χ3v) is 14.5. The second-order valence-corrected chi connectivity index (χ2v) is 21.8. The van der Waals surface area contributed by atoms with E-state index in [1.807, 2.05) is 0 Å². The van der Waals surface area contributed by atoms with E-state index in [2.05, 4.69) is 55.4 Å². The van der Waals surface area contributed by atoms with E-state index in [9.17, 15) is 0 Å². The van der Waals surface area contributed by atoms with E-state index < -0.39 is 0 Å². The smallest absolute Gasteiger partial charge is 0.162 e. The maximum absolute atomic E-state index is 6.86. The van der Waals surface area contributed by atoms with Crippen LogP contribution >= 0.6 is 0 Å². The van der Waals surface area contributed by atoms with E-state index >= 15 is 0 Å². The van der Waals surface area contributed by atoms with E-state index in [0.29, 0.717) is 13.2 Å². The van der Waals surface area contributed by atoms with E-state index in [1.54, 1.807) is 0 Å². The molecule has 7 heteroatoms. The van der Waals surface area contributed by atoms with E-state index in [4.69, 9.17) is 33.2 Å². The molecule has 2 atom stereocenters. The topological polar surface area (TPSA) is 64.6 Å². The Kier molecular flexibility index (Phi) is 58.6. The molecule has 0 saturated heterocycles. The third-order valence-electron chi connectivity index (χ3n) is 14.5. The zero-order valence-electron chi connectivity index (χ0n) is 50.8. The van der Waals surface area contributed by atoms with Crippen molar-refractivity contribution in [3.8, 4) is 0 Å². The molecule has 436 valence electrons. The molecular formula is C66H130O7. The van der Waals surface area contributed by atoms with Gasteiger partial charge in [-0.3, -0.25) is 0 Å². The van der Waals surface area contributed by atoms with Gasteiger partial charge >= 0.3 is 0 Å². The first-order valence-corrected chi connectivity index (χ1v) is 32.9. The van der Waals surface area contributed by atoms with Gasteiger partial charge in [0.05, 0.1) is 26.4 Å². The van der Waals surface area contributed by atoms with Gasteiger partial charge in [-0.1, -0.05) is 287 Å². The Balaban J connectivity index is 6.34. The van der Waals surface area contributed by atoms with Crippen LogP contribution in [0.2, 0.25) is 0 Å². The zero-order valence-corrected chi connectivity index (χ0v) is 50.8. The quantitative estimate of drug-likeness (QED) is 0.0342. The molecule has 0 radical (unpaired) electrons. The van der Waals surface area contributed by atoms with Crippen LogP contribution in [-0.4, -0.2) is 52.2 Å². The summed E-state index contributed by atoms with van der Waals surface area (Å²) in [6.07, 6.45) is 55.5. The van der Waals surface area contributed by atoms with Gasteiger partial charge in [-0.2, -0.15) is 0 Å². The highest BCUT2D eigenvalue weighted by atomic mass is 16.7. The lowest BCUT2D eigenvalue weighted by Gasteiger charge is -2.26. The van der Waals surface area contributed by atoms with Crippen molar-refractivity contribution in [2.24, 2.45) is 0 Å². The van der Waals surface area contributed by atoms with Crippen molar-refractivity contribution in [2.45, 2.75) is 363 Å². The molecule has 0 aromatic heterocycles. The largest absolute Gasteiger partial charge is 0.494 e. The van der Waals surface area contributed by atoms with Crippen LogP contribution in [0.1, 0.15) is 351 Å². The average molecular weight is 1040 g/mol. The van der Waals surface area contributed by atoms with Gasteiger partial charge in [-0.25, -0.2) is 0 Å². The lowest BCUT2D eigenvalue weighted by molar-refractivity contribution is -0.167. The van der Waals surface area contributed by atoms with Gasteiger partial charge < -0.3 is 33.2 Å². The van der Waals surface area contributed by atoms with Crippen LogP contribution in [0.3, 0.4) is 0 Å². The fraction of sp³-hybridized carbons (Fsp3) is 0.939. The van der Waals surface area contributed by atoms with Crippen molar-refractivity contribution in [3.63, 3.8) is 0 Å². The Morgan fingerprint density at radius 3 is 0.740 bits per heavy atom. The Morgan fingerprint density at radius 1 is 0.247 bits per heavy atom. The van der Waals surface area contributed by atoms with Gasteiger partial charge in [0.25, 0.3) is 0 Å². The molecule has 0 aromatic carbocycles. The zero-order chi connectivity index (χ0) is 53.2. The van der Waals surface area contributed by atoms with Crippen LogP contribution in [0.5, 0.6) is 0 Å². The van der Waals surface area contributed by atoms with Crippen LogP contribution < -0.4 is 0 Å². The lowest BCUT2D eigenvalue weighted by Crippen LogP contribution is -2.25. The lowest BCUT2D eigenvalue weighted by atomic mass is 10.1. The molecular weight excluding hydrogens is 905 g/mol. The summed E-state index contributed by atoms with van der Waals surface area (Å²) < 4.78 is 47.1. The molecule has 0 spiro atoms. The third kappa shape index (κ3) is 46.4. The summed E-state index contributed by atoms with van der Waals surface area (Å²) in [4.78, 5) is 0. The highest BCUT2D eigenvalue weighted by molar-refractivity contribution is 5.09. The number of unbranched alkanes of at least 4 members (excludes halogenated alkanes) is 34. The maximum atomic E-state index is 6.86. The molecule has 0 aliphatic rings. The van der Waals surface area contributed by atoms with Crippen molar-refractivity contribution >= 4 is 0 Å². The molecule has 0 N–H and O–H groups in total. The Morgan fingerprint density at radius 2 is 0.479 bits per heavy atom. The first-order valence-electron chi connectivity index (χ1n) is 32.9. The van der Waals surface area contributed by atoms with Crippen LogP contribution in [-0.2, 0) is 33.2 Å². The second-order valence-electron chi connectivity index (χ2n) is 21.8. The first kappa shape index (κ1) is 71.6. The highest BCUT2D eigenvalue weighted by Crippen LogP contribution is 2.28. The SMILES string of the molecule is CCCCCCCCCCOC(CCC)=C(OCCCCCCCCCC)C(CCCCCC)OCOCOC(CCCCCC)C(OCCCCCCCCCC)=C(CCC)OCCCCCCCCCC. The molecule has 2 unspecified atom stereocenters. The van der Waals surface area contributed by atoms with E-state index in [-0.39, 0.29) is 25.8 Å². The predicted molar refractivity (Wildman–Crippen MR) is 316 cm³/mol. The number of hydrogen-bond donors (Lipinski definition) is 0. The summed E-state index contributed by atoms with van der Waals surface area (Å²) in [6, 6.07) is 0. The van der Waals surface area contributed by atoms with Crippen molar-refractivity contribution in [1.29, 1.82) is 0 Å². The monoisotopic (exact) mass is 1030 g/mol. The molecule has 0 aliphatic carbocycles. The summed E-state index contributed by atoms with van der Waals surface area (Å²) in [5.74, 6) is 3.81. The standard InChI is InChI=1S/C66H130O7/c1-9-17-23-29-33-37-41-47-55-68-61(51-15-7)65(70-57-49-43-39-35-31-25-19-11-3)63(53-45-27-21-13-5)72-59-67-60-73-64(54-46-28-22-14-6)66(71-58-50-44-40-36-32-26-20-12-4)62(52-16-8)69-56-48-42-38-34-30-24-18-10-2/h63-64H,9-60H2,1-8H3. The summed E-state index contributed by atoms with van der Waals surface area (Å²) >= 11 is 0. The number of allylic oxidation sites excluding steroid dienone is 2. The number of rotatable bonds is 62. The molecule has 0 heterocycles. The van der Waals surface area contributed by atoms with Crippen LogP contribution in [0.25, 0.3) is 0 Å². The maximum Gasteiger partial charge on any atom is 0.162 e. The highest BCUT2D eigenvalue weighted by Gasteiger charge is 2.25. The summed E-state index contributed by atoms with van der Waals surface area (Å²) in [6.45, 7) is 21.4. The second kappa shape index (κ2) is 59.8. The Bertz CT molecular complexity index is 1050. The number of ether oxygens (including phenoxy) is 7. The van der Waals surface area contributed by atoms with Crippen molar-refractivity contribution in [2.75, 3.05) is 40.0 Å². The van der Waals surface area contributed by atoms with Gasteiger partial charge in [-0.15, -0.1) is 0 Å². The molecule has 0 fully saturated rings. The Labute approximate surface area is 457 Å². The van der Waals surface area contributed by atoms with Gasteiger partial charge in [0.15, 0.2) is 25.1 Å². The van der Waals surface area contributed by atoms with Crippen LogP contribution in [0.15, 0.2) is 23.0 Å². The minimum Gasteiger partial charge on any atom is -0.494 e. The molecule has 7 nitrogen and oxygen atoms in total. The van der Waals surface area contributed by atoms with Crippen molar-refractivity contribution in [3.05, 3.63) is 23.0 Å². The summed E-state index contributed by atoms with van der Waals surface area (Å²) in [7, 11) is 0. The Hall–Kier alpha value is -1.44. The van der Waals surface area contributed by atoms with Crippen molar-refractivity contribution in [1.82, 2.24) is 0 Å². The number of hydrogen-bond acceptors (Lipinski definition) is 7. The average Bonchev–Trinajstić information content (AvgIpc) is 3.39. The van der Waals surface area contributed by atoms with E-state index in [0.717, 1.165) is 113 Å². The van der Waals surface area contributed by atoms with Gasteiger partial charge in [0.1, 0.15) is 23.7 Å². The minimum absolute atomic E-state index is 0.137. The molecule has 0 bridgehead atoms. The molecule has 73 heavy (non-hydrogen) atoms. The first-order chi connectivity index (χ1) is 36.1. The van der Waals surface area contributed by atoms with Crippen LogP contribution in [0, 0.1) is 0 Å². The minimum atomic E-state index is -0.220. The fourth-order valence-electron chi connectivity index (χ4n) is 9.78. The van der Waals surface area contributed by atoms with Gasteiger partial charge in [-0.05, 0) is 51.4 Å². The molecule has 0 saturated carbocycles. The molecule has 0 amide bonds. The van der Waals surface area contributed by atoms with Crippen LogP contribution in [0.4, 0.5) is 0 Å². The summed E-state index contributed by atoms with van der Waals surface area (Å²) in [5, 5.41) is 0.